The van der Waals surface area contributed by atoms with Crippen molar-refractivity contribution in [2.75, 3.05) is 0 Å². The topological polar surface area (TPSA) is 12.9 Å². The first-order chi connectivity index (χ1) is 8.75. The first-order valence-electron chi connectivity index (χ1n) is 6.17. The van der Waals surface area contributed by atoms with Crippen LogP contribution in [0.15, 0.2) is 54.7 Å². The lowest BCUT2D eigenvalue weighted by atomic mass is 9.99. The molecule has 0 saturated heterocycles. The van der Waals surface area contributed by atoms with Gasteiger partial charge in [-0.1, -0.05) is 42.0 Å². The molecule has 0 radical (unpaired) electrons. The molecule has 88 valence electrons. The predicted molar refractivity (Wildman–Crippen MR) is 76.7 cm³/mol. The second-order valence-electron chi connectivity index (χ2n) is 4.70. The van der Waals surface area contributed by atoms with Crippen LogP contribution >= 0.6 is 0 Å². The van der Waals surface area contributed by atoms with Gasteiger partial charge in [-0.05, 0) is 36.9 Å². The summed E-state index contributed by atoms with van der Waals surface area (Å²) in [6, 6.07) is 16.9. The van der Waals surface area contributed by atoms with E-state index in [-0.39, 0.29) is 0 Å². The monoisotopic (exact) mass is 233 g/mol. The number of nitrogens with zero attached hydrogens (tertiary/aromatic N) is 1. The zero-order valence-corrected chi connectivity index (χ0v) is 10.6. The Labute approximate surface area is 107 Å². The Morgan fingerprint density at radius 3 is 2.39 bits per heavy atom. The molecule has 3 rings (SSSR count). The minimum Gasteiger partial charge on any atom is -0.256 e. The maximum absolute atomic E-state index is 4.56. The van der Waals surface area contributed by atoms with Gasteiger partial charge in [-0.2, -0.15) is 0 Å². The second kappa shape index (κ2) is 4.26. The molecule has 1 heteroatoms. The second-order valence-corrected chi connectivity index (χ2v) is 4.70. The minimum absolute atomic E-state index is 1.07. The van der Waals surface area contributed by atoms with E-state index in [0.717, 1.165) is 5.69 Å². The number of aromatic nitrogens is 1. The van der Waals surface area contributed by atoms with E-state index in [2.05, 4.69) is 61.3 Å². The predicted octanol–water partition coefficient (Wildman–Crippen LogP) is 4.52. The van der Waals surface area contributed by atoms with Gasteiger partial charge in [-0.25, -0.2) is 0 Å². The van der Waals surface area contributed by atoms with Gasteiger partial charge in [-0.3, -0.25) is 4.98 Å². The summed E-state index contributed by atoms with van der Waals surface area (Å²) in [6.07, 6.45) is 1.90. The van der Waals surface area contributed by atoms with Crippen molar-refractivity contribution in [1.82, 2.24) is 4.98 Å². The third kappa shape index (κ3) is 1.78. The fraction of sp³-hybridized carbons (Fsp3) is 0.118. The van der Waals surface area contributed by atoms with Crippen molar-refractivity contribution in [2.24, 2.45) is 0 Å². The van der Waals surface area contributed by atoms with Crippen molar-refractivity contribution in [3.63, 3.8) is 0 Å². The number of rotatable bonds is 1. The normalized spacial score (nSPS) is 10.8. The molecule has 18 heavy (non-hydrogen) atoms. The third-order valence-electron chi connectivity index (χ3n) is 3.28. The Balaban J connectivity index is 2.37. The molecule has 3 aromatic rings. The lowest BCUT2D eigenvalue weighted by Gasteiger charge is -2.09. The number of aryl methyl sites for hydroxylation is 2. The van der Waals surface area contributed by atoms with Crippen LogP contribution in [0.5, 0.6) is 0 Å². The highest BCUT2D eigenvalue weighted by Crippen LogP contribution is 2.29. The van der Waals surface area contributed by atoms with Crippen LogP contribution in [0.25, 0.3) is 22.0 Å². The van der Waals surface area contributed by atoms with Crippen molar-refractivity contribution in [3.05, 3.63) is 65.9 Å². The smallest absolute Gasteiger partial charge is 0.0780 e. The lowest BCUT2D eigenvalue weighted by molar-refractivity contribution is 1.34. The van der Waals surface area contributed by atoms with Crippen LogP contribution in [0.2, 0.25) is 0 Å². The van der Waals surface area contributed by atoms with Crippen LogP contribution in [0, 0.1) is 13.8 Å². The molecule has 0 unspecified atom stereocenters. The van der Waals surface area contributed by atoms with Crippen molar-refractivity contribution >= 4 is 10.8 Å². The average molecular weight is 233 g/mol. The van der Waals surface area contributed by atoms with Crippen molar-refractivity contribution in [1.29, 1.82) is 0 Å². The third-order valence-corrected chi connectivity index (χ3v) is 3.28. The number of hydrogen-bond acceptors (Lipinski definition) is 1. The van der Waals surface area contributed by atoms with Crippen LogP contribution in [-0.4, -0.2) is 4.98 Å². The quantitative estimate of drug-likeness (QED) is 0.602. The van der Waals surface area contributed by atoms with Crippen LogP contribution in [0.3, 0.4) is 0 Å². The van der Waals surface area contributed by atoms with E-state index < -0.39 is 0 Å². The van der Waals surface area contributed by atoms with Crippen molar-refractivity contribution in [2.45, 2.75) is 13.8 Å². The highest BCUT2D eigenvalue weighted by molar-refractivity contribution is 5.96. The molecule has 0 N–H and O–H groups in total. The van der Waals surface area contributed by atoms with Gasteiger partial charge in [0.15, 0.2) is 0 Å². The van der Waals surface area contributed by atoms with E-state index in [9.17, 15) is 0 Å². The van der Waals surface area contributed by atoms with E-state index >= 15 is 0 Å². The largest absolute Gasteiger partial charge is 0.256 e. The highest BCUT2D eigenvalue weighted by Gasteiger charge is 2.06. The summed E-state index contributed by atoms with van der Waals surface area (Å²) >= 11 is 0. The van der Waals surface area contributed by atoms with Crippen LogP contribution in [0.1, 0.15) is 11.1 Å². The van der Waals surface area contributed by atoms with Gasteiger partial charge in [0.05, 0.1) is 5.69 Å². The molecular formula is C17H15N. The van der Waals surface area contributed by atoms with E-state index in [1.807, 2.05) is 12.3 Å². The Bertz CT molecular complexity index is 699. The van der Waals surface area contributed by atoms with Crippen molar-refractivity contribution in [3.8, 4) is 11.3 Å². The molecule has 0 atom stereocenters. The molecule has 0 bridgehead atoms. The van der Waals surface area contributed by atoms with Gasteiger partial charge in [0, 0.05) is 17.1 Å². The van der Waals surface area contributed by atoms with E-state index in [0.29, 0.717) is 0 Å². The van der Waals surface area contributed by atoms with Crippen LogP contribution in [-0.2, 0) is 0 Å². The van der Waals surface area contributed by atoms with Crippen LogP contribution in [0.4, 0.5) is 0 Å². The molecule has 1 nitrogen and oxygen atoms in total. The number of pyridine rings is 1. The van der Waals surface area contributed by atoms with Gasteiger partial charge in [0.2, 0.25) is 0 Å². The first kappa shape index (κ1) is 11.0. The lowest BCUT2D eigenvalue weighted by Crippen LogP contribution is -1.89. The molecule has 1 aromatic heterocycles. The fourth-order valence-corrected chi connectivity index (χ4v) is 2.48. The maximum Gasteiger partial charge on any atom is 0.0780 e. The molecule has 0 fully saturated rings. The molecule has 2 aromatic carbocycles. The van der Waals surface area contributed by atoms with E-state index in [1.54, 1.807) is 0 Å². The summed E-state index contributed by atoms with van der Waals surface area (Å²) in [5.74, 6) is 0. The summed E-state index contributed by atoms with van der Waals surface area (Å²) in [6.45, 7) is 4.29. The van der Waals surface area contributed by atoms with Gasteiger partial charge in [0.25, 0.3) is 0 Å². The Morgan fingerprint density at radius 1 is 0.833 bits per heavy atom. The molecular weight excluding hydrogens is 218 g/mol. The Hall–Kier alpha value is -2.15. The zero-order valence-electron chi connectivity index (χ0n) is 10.6. The SMILES string of the molecule is Cc1cc(C)c2ccnc(-c3ccccc3)c2c1. The van der Waals surface area contributed by atoms with E-state index in [1.165, 1.54) is 27.5 Å². The zero-order chi connectivity index (χ0) is 12.5. The molecule has 0 aliphatic carbocycles. The number of benzene rings is 2. The maximum atomic E-state index is 4.56. The van der Waals surface area contributed by atoms with Gasteiger partial charge in [-0.15, -0.1) is 0 Å². The molecule has 0 saturated carbocycles. The molecule has 0 amide bonds. The fourth-order valence-electron chi connectivity index (χ4n) is 2.48. The minimum atomic E-state index is 1.07. The Kier molecular flexibility index (Phi) is 2.60. The van der Waals surface area contributed by atoms with Gasteiger partial charge < -0.3 is 0 Å². The molecule has 0 aliphatic rings. The summed E-state index contributed by atoms with van der Waals surface area (Å²) in [7, 11) is 0. The van der Waals surface area contributed by atoms with Crippen LogP contribution < -0.4 is 0 Å². The number of hydrogen-bond donors (Lipinski definition) is 0. The highest BCUT2D eigenvalue weighted by atomic mass is 14.7. The van der Waals surface area contributed by atoms with Gasteiger partial charge >= 0.3 is 0 Å². The average Bonchev–Trinajstić information content (AvgIpc) is 2.39. The summed E-state index contributed by atoms with van der Waals surface area (Å²) < 4.78 is 0. The summed E-state index contributed by atoms with van der Waals surface area (Å²) in [5, 5.41) is 2.52. The molecule has 1 heterocycles. The number of fused-ring (bicyclic) bond motifs is 1. The Morgan fingerprint density at radius 2 is 1.61 bits per heavy atom. The van der Waals surface area contributed by atoms with Gasteiger partial charge in [0.1, 0.15) is 0 Å². The standard InChI is InChI=1S/C17H15N/c1-12-10-13(2)15-8-9-18-17(16(15)11-12)14-6-4-3-5-7-14/h3-11H,1-2H3. The summed E-state index contributed by atoms with van der Waals surface area (Å²) in [4.78, 5) is 4.56. The van der Waals surface area contributed by atoms with Crippen molar-refractivity contribution < 1.29 is 0 Å². The molecule has 0 aliphatic heterocycles. The van der Waals surface area contributed by atoms with E-state index in [4.69, 9.17) is 0 Å². The summed E-state index contributed by atoms with van der Waals surface area (Å²) in [5.41, 5.74) is 4.84. The molecule has 0 spiro atoms. The first-order valence-corrected chi connectivity index (χ1v) is 6.17.